The fourth-order valence-electron chi connectivity index (χ4n) is 2.17. The molecule has 0 spiro atoms. The van der Waals surface area contributed by atoms with Gasteiger partial charge in [-0.05, 0) is 43.9 Å². The molecule has 0 aliphatic carbocycles. The van der Waals surface area contributed by atoms with Crippen LogP contribution in [-0.4, -0.2) is 22.0 Å². The zero-order valence-electron chi connectivity index (χ0n) is 12.3. The lowest BCUT2D eigenvalue weighted by Crippen LogP contribution is -2.34. The van der Waals surface area contributed by atoms with Crippen LogP contribution in [0.1, 0.15) is 38.2 Å². The van der Waals surface area contributed by atoms with Gasteiger partial charge in [-0.25, -0.2) is 13.0 Å². The van der Waals surface area contributed by atoms with Crippen molar-refractivity contribution >= 4 is 11.0 Å². The average Bonchev–Trinajstić information content (AvgIpc) is 2.36. The third-order valence-corrected chi connectivity index (χ3v) is 4.56. The van der Waals surface area contributed by atoms with Crippen LogP contribution in [0.3, 0.4) is 0 Å². The van der Waals surface area contributed by atoms with Gasteiger partial charge in [-0.1, -0.05) is 12.1 Å². The second-order valence-electron chi connectivity index (χ2n) is 5.54. The normalized spacial score (nSPS) is 15.1. The molecular formula is C14H19F4NO2S. The van der Waals surface area contributed by atoms with E-state index >= 15 is 0 Å². The van der Waals surface area contributed by atoms with Crippen molar-refractivity contribution in [3.05, 3.63) is 29.8 Å². The summed E-state index contributed by atoms with van der Waals surface area (Å²) in [6, 6.07) is 5.63. The fraction of sp³-hybridized carbons (Fsp3) is 0.571. The summed E-state index contributed by atoms with van der Waals surface area (Å²) in [6.45, 7) is 0.235. The molecule has 0 aliphatic rings. The van der Waals surface area contributed by atoms with Gasteiger partial charge in [0.05, 0.1) is 15.7 Å². The highest BCUT2D eigenvalue weighted by Crippen LogP contribution is 2.34. The Balaban J connectivity index is 3.03. The lowest BCUT2D eigenvalue weighted by atomic mass is 9.87. The summed E-state index contributed by atoms with van der Waals surface area (Å²) >= 11 is 0. The Labute approximate surface area is 129 Å². The van der Waals surface area contributed by atoms with Crippen LogP contribution in [0.5, 0.6) is 5.75 Å². The Morgan fingerprint density at radius 1 is 1.27 bits per heavy atom. The van der Waals surface area contributed by atoms with Gasteiger partial charge in [-0.15, -0.1) is 0 Å². The van der Waals surface area contributed by atoms with Gasteiger partial charge in [0.25, 0.3) is 0 Å². The molecule has 1 aromatic rings. The minimum absolute atomic E-state index is 0.0987. The van der Waals surface area contributed by atoms with Crippen LogP contribution in [0.25, 0.3) is 0 Å². The molecule has 0 radical (unpaired) electrons. The highest BCUT2D eigenvalue weighted by atomic mass is 32.2. The number of halogens is 4. The summed E-state index contributed by atoms with van der Waals surface area (Å²) in [5, 5.41) is 5.38. The van der Waals surface area contributed by atoms with Crippen molar-refractivity contribution in [3.63, 3.8) is 0 Å². The number of nitrogens with two attached hydrogens (primary N) is 1. The number of ether oxygens (including phenoxy) is 1. The summed E-state index contributed by atoms with van der Waals surface area (Å²) in [4.78, 5) is 0. The molecule has 0 amide bonds. The van der Waals surface area contributed by atoms with Gasteiger partial charge < -0.3 is 4.74 Å². The summed E-state index contributed by atoms with van der Waals surface area (Å²) < 4.78 is 65.0. The molecule has 0 saturated carbocycles. The summed E-state index contributed by atoms with van der Waals surface area (Å²) in [6.07, 6.45) is -2.91. The molecule has 0 fully saturated rings. The molecule has 1 unspecified atom stereocenters. The molecule has 0 aromatic heterocycles. The molecule has 8 heteroatoms. The van der Waals surface area contributed by atoms with E-state index in [1.807, 2.05) is 0 Å². The van der Waals surface area contributed by atoms with Crippen molar-refractivity contribution in [1.82, 2.24) is 0 Å². The maximum absolute atomic E-state index is 12.8. The third-order valence-electron chi connectivity index (χ3n) is 3.30. The summed E-state index contributed by atoms with van der Waals surface area (Å²) in [5.41, 5.74) is 0.428. The SMILES string of the molecule is CC(C)(C[C@H](CC(F)F)c1cccc(OC(F)F)c1)S(N)=O. The van der Waals surface area contributed by atoms with E-state index < -0.39 is 41.1 Å². The third kappa shape index (κ3) is 5.92. The van der Waals surface area contributed by atoms with Crippen molar-refractivity contribution < 1.29 is 26.5 Å². The molecule has 0 saturated heterocycles. The standard InChI is InChI=1S/C14H19F4NO2S/c1-14(2,22(19)20)8-10(7-12(15)16)9-4-3-5-11(6-9)21-13(17)18/h3-6,10,12-13H,7-8,19H2,1-2H3/t10-,22?/m0/s1. The molecule has 22 heavy (non-hydrogen) atoms. The molecular weight excluding hydrogens is 322 g/mol. The van der Waals surface area contributed by atoms with Crippen LogP contribution in [0.4, 0.5) is 17.6 Å². The topological polar surface area (TPSA) is 52.3 Å². The predicted molar refractivity (Wildman–Crippen MR) is 77.5 cm³/mol. The number of hydrogen-bond donors (Lipinski definition) is 1. The lowest BCUT2D eigenvalue weighted by Gasteiger charge is -2.27. The minimum atomic E-state index is -2.99. The molecule has 2 N–H and O–H groups in total. The van der Waals surface area contributed by atoms with Crippen molar-refractivity contribution in [3.8, 4) is 5.75 Å². The minimum Gasteiger partial charge on any atom is -0.435 e. The van der Waals surface area contributed by atoms with Gasteiger partial charge in [0.1, 0.15) is 5.75 Å². The van der Waals surface area contributed by atoms with Crippen molar-refractivity contribution in [1.29, 1.82) is 0 Å². The average molecular weight is 341 g/mol. The predicted octanol–water partition coefficient (Wildman–Crippen LogP) is 3.82. The van der Waals surface area contributed by atoms with Crippen LogP contribution in [0.15, 0.2) is 24.3 Å². The molecule has 1 rings (SSSR count). The highest BCUT2D eigenvalue weighted by Gasteiger charge is 2.30. The van der Waals surface area contributed by atoms with Crippen LogP contribution in [-0.2, 0) is 11.0 Å². The van der Waals surface area contributed by atoms with Crippen LogP contribution >= 0.6 is 0 Å². The molecule has 3 nitrogen and oxygen atoms in total. The number of alkyl halides is 4. The number of hydrogen-bond acceptors (Lipinski definition) is 2. The Bertz CT molecular complexity index is 511. The molecule has 0 bridgehead atoms. The van der Waals surface area contributed by atoms with E-state index in [4.69, 9.17) is 5.14 Å². The zero-order chi connectivity index (χ0) is 16.9. The van der Waals surface area contributed by atoms with Crippen LogP contribution < -0.4 is 9.88 Å². The first-order valence-corrected chi connectivity index (χ1v) is 7.82. The van der Waals surface area contributed by atoms with E-state index in [0.717, 1.165) is 0 Å². The summed E-state index contributed by atoms with van der Waals surface area (Å²) in [7, 11) is -1.70. The van der Waals surface area contributed by atoms with Gasteiger partial charge in [-0.3, -0.25) is 5.14 Å². The second kappa shape index (κ2) is 7.92. The Hall–Kier alpha value is -1.15. The van der Waals surface area contributed by atoms with Crippen molar-refractivity contribution in [2.75, 3.05) is 0 Å². The Morgan fingerprint density at radius 3 is 2.41 bits per heavy atom. The molecule has 126 valence electrons. The molecule has 2 atom stereocenters. The van der Waals surface area contributed by atoms with Crippen LogP contribution in [0.2, 0.25) is 0 Å². The van der Waals surface area contributed by atoms with Gasteiger partial charge >= 0.3 is 6.61 Å². The lowest BCUT2D eigenvalue weighted by molar-refractivity contribution is -0.0499. The Kier molecular flexibility index (Phi) is 6.80. The number of rotatable bonds is 8. The van der Waals surface area contributed by atoms with Gasteiger partial charge in [0.15, 0.2) is 0 Å². The van der Waals surface area contributed by atoms with Gasteiger partial charge in [0.2, 0.25) is 6.43 Å². The molecule has 0 heterocycles. The van der Waals surface area contributed by atoms with E-state index in [1.165, 1.54) is 18.2 Å². The van der Waals surface area contributed by atoms with E-state index in [2.05, 4.69) is 4.74 Å². The zero-order valence-corrected chi connectivity index (χ0v) is 13.1. The van der Waals surface area contributed by atoms with Gasteiger partial charge in [0, 0.05) is 6.42 Å². The smallest absolute Gasteiger partial charge is 0.387 e. The van der Waals surface area contributed by atoms with Gasteiger partial charge in [-0.2, -0.15) is 8.78 Å². The molecule has 0 aliphatic heterocycles. The second-order valence-corrected chi connectivity index (χ2v) is 7.24. The quantitative estimate of drug-likeness (QED) is 0.731. The number of benzene rings is 1. The van der Waals surface area contributed by atoms with Crippen LogP contribution in [0, 0.1) is 0 Å². The highest BCUT2D eigenvalue weighted by molar-refractivity contribution is 7.84. The maximum atomic E-state index is 12.8. The van der Waals surface area contributed by atoms with E-state index in [0.29, 0.717) is 5.56 Å². The summed E-state index contributed by atoms with van der Waals surface area (Å²) in [5.74, 6) is -0.762. The van der Waals surface area contributed by atoms with E-state index in [9.17, 15) is 21.8 Å². The monoisotopic (exact) mass is 341 g/mol. The van der Waals surface area contributed by atoms with E-state index in [-0.39, 0.29) is 12.2 Å². The largest absolute Gasteiger partial charge is 0.435 e. The first-order chi connectivity index (χ1) is 10.1. The van der Waals surface area contributed by atoms with Crippen molar-refractivity contribution in [2.45, 2.75) is 50.4 Å². The first-order valence-electron chi connectivity index (χ1n) is 6.61. The first kappa shape index (κ1) is 18.9. The fourth-order valence-corrected chi connectivity index (χ4v) is 2.54. The Morgan fingerprint density at radius 2 is 1.91 bits per heavy atom. The maximum Gasteiger partial charge on any atom is 0.387 e. The van der Waals surface area contributed by atoms with E-state index in [1.54, 1.807) is 19.9 Å². The van der Waals surface area contributed by atoms with Crippen molar-refractivity contribution in [2.24, 2.45) is 5.14 Å². The molecule has 1 aromatic carbocycles.